The van der Waals surface area contributed by atoms with Gasteiger partial charge in [-0.15, -0.1) is 11.3 Å². The summed E-state index contributed by atoms with van der Waals surface area (Å²) >= 11 is 1.46. The summed E-state index contributed by atoms with van der Waals surface area (Å²) in [4.78, 5) is 28.5. The van der Waals surface area contributed by atoms with Crippen LogP contribution in [0, 0.1) is 6.92 Å². The van der Waals surface area contributed by atoms with Crippen LogP contribution in [0.5, 0.6) is 0 Å². The molecule has 2 aromatic heterocycles. The van der Waals surface area contributed by atoms with E-state index in [1.165, 1.54) is 23.3 Å². The van der Waals surface area contributed by atoms with Crippen LogP contribution >= 0.6 is 11.3 Å². The average Bonchev–Trinajstić information content (AvgIpc) is 3.15. The summed E-state index contributed by atoms with van der Waals surface area (Å²) in [5.41, 5.74) is 3.39. The molecule has 6 nitrogen and oxygen atoms in total. The maximum absolute atomic E-state index is 13.0. The monoisotopic (exact) mass is 437 g/mol. The van der Waals surface area contributed by atoms with Gasteiger partial charge in [0.1, 0.15) is 17.0 Å². The fraction of sp³-hybridized carbons (Fsp3) is 0.458. The highest BCUT2D eigenvalue weighted by atomic mass is 32.1. The van der Waals surface area contributed by atoms with Crippen LogP contribution < -0.4 is 10.2 Å². The molecule has 0 aliphatic carbocycles. The van der Waals surface area contributed by atoms with Crippen molar-refractivity contribution in [2.75, 3.05) is 37.6 Å². The average molecular weight is 438 g/mol. The van der Waals surface area contributed by atoms with Gasteiger partial charge in [-0.1, -0.05) is 38.1 Å². The highest BCUT2D eigenvalue weighted by Crippen LogP contribution is 2.35. The van der Waals surface area contributed by atoms with Crippen LogP contribution in [-0.4, -0.2) is 53.5 Å². The van der Waals surface area contributed by atoms with E-state index < -0.39 is 0 Å². The van der Waals surface area contributed by atoms with Gasteiger partial charge in [0.15, 0.2) is 0 Å². The third kappa shape index (κ3) is 4.72. The van der Waals surface area contributed by atoms with E-state index in [0.717, 1.165) is 71.2 Å². The third-order valence-electron chi connectivity index (χ3n) is 6.01. The molecule has 0 saturated carbocycles. The van der Waals surface area contributed by atoms with Crippen molar-refractivity contribution in [1.82, 2.24) is 20.2 Å². The minimum Gasteiger partial charge on any atom is -0.353 e. The molecule has 3 heterocycles. The Kier molecular flexibility index (Phi) is 6.83. The summed E-state index contributed by atoms with van der Waals surface area (Å²) in [6.45, 7) is 12.1. The number of nitrogens with one attached hydrogen (secondary N) is 1. The van der Waals surface area contributed by atoms with Crippen LogP contribution in [0.15, 0.2) is 30.6 Å². The quantitative estimate of drug-likeness (QED) is 0.605. The Balaban J connectivity index is 1.51. The van der Waals surface area contributed by atoms with Crippen molar-refractivity contribution in [3.8, 4) is 0 Å². The van der Waals surface area contributed by atoms with Crippen LogP contribution in [0.2, 0.25) is 0 Å². The van der Waals surface area contributed by atoms with E-state index in [-0.39, 0.29) is 5.91 Å². The highest BCUT2D eigenvalue weighted by molar-refractivity contribution is 7.20. The number of hydrogen-bond donors (Lipinski definition) is 1. The highest BCUT2D eigenvalue weighted by Gasteiger charge is 2.24. The van der Waals surface area contributed by atoms with Gasteiger partial charge in [0.25, 0.3) is 5.91 Å². The first kappa shape index (κ1) is 21.7. The minimum atomic E-state index is -0.0428. The minimum absolute atomic E-state index is 0.0428. The van der Waals surface area contributed by atoms with Crippen molar-refractivity contribution in [2.24, 2.45) is 0 Å². The van der Waals surface area contributed by atoms with Gasteiger partial charge < -0.3 is 10.2 Å². The summed E-state index contributed by atoms with van der Waals surface area (Å²) in [6, 6.07) is 8.40. The zero-order chi connectivity index (χ0) is 21.8. The predicted octanol–water partition coefficient (Wildman–Crippen LogP) is 4.02. The van der Waals surface area contributed by atoms with Crippen LogP contribution in [0.1, 0.15) is 46.6 Å². The third-order valence-corrected chi connectivity index (χ3v) is 7.21. The maximum atomic E-state index is 13.0. The number of rotatable bonds is 7. The van der Waals surface area contributed by atoms with Crippen LogP contribution in [0.25, 0.3) is 10.2 Å². The standard InChI is InChI=1S/C24H31N5OS/c1-4-10-28-11-13-29(14-12-28)22-20-17(3)21(31-24(20)27-16-26-22)23(30)25-15-19-8-6-18(5-2)7-9-19/h6-9,16H,4-5,10-15H2,1-3H3,(H,25,30). The molecule has 31 heavy (non-hydrogen) atoms. The van der Waals surface area contributed by atoms with E-state index in [1.807, 2.05) is 6.92 Å². The SMILES string of the molecule is CCCN1CCN(c2ncnc3sc(C(=O)NCc4ccc(CC)cc4)c(C)c23)CC1. The molecule has 1 aromatic carbocycles. The topological polar surface area (TPSA) is 61.4 Å². The molecule has 0 bridgehead atoms. The molecule has 4 rings (SSSR count). The first-order valence-electron chi connectivity index (χ1n) is 11.2. The fourth-order valence-electron chi connectivity index (χ4n) is 4.16. The normalized spacial score (nSPS) is 14.9. The van der Waals surface area contributed by atoms with Gasteiger partial charge in [-0.25, -0.2) is 9.97 Å². The van der Waals surface area contributed by atoms with E-state index in [1.54, 1.807) is 6.33 Å². The molecule has 7 heteroatoms. The lowest BCUT2D eigenvalue weighted by molar-refractivity contribution is 0.0954. The smallest absolute Gasteiger partial charge is 0.261 e. The number of hydrogen-bond acceptors (Lipinski definition) is 6. The maximum Gasteiger partial charge on any atom is 0.261 e. The van der Waals surface area contributed by atoms with Crippen molar-refractivity contribution in [3.05, 3.63) is 52.2 Å². The van der Waals surface area contributed by atoms with Crippen molar-refractivity contribution in [3.63, 3.8) is 0 Å². The van der Waals surface area contributed by atoms with Gasteiger partial charge in [-0.3, -0.25) is 9.69 Å². The fourth-order valence-corrected chi connectivity index (χ4v) is 5.22. The molecule has 0 radical (unpaired) electrons. The molecule has 1 N–H and O–H groups in total. The summed E-state index contributed by atoms with van der Waals surface area (Å²) < 4.78 is 0. The molecule has 0 unspecified atom stereocenters. The van der Waals surface area contributed by atoms with Crippen LogP contribution in [0.4, 0.5) is 5.82 Å². The molecule has 1 fully saturated rings. The van der Waals surface area contributed by atoms with Gasteiger partial charge in [-0.2, -0.15) is 0 Å². The number of amides is 1. The Bertz CT molecular complexity index is 1040. The Labute approximate surface area is 188 Å². The van der Waals surface area contributed by atoms with E-state index in [9.17, 15) is 4.79 Å². The van der Waals surface area contributed by atoms with E-state index in [4.69, 9.17) is 0 Å². The zero-order valence-electron chi connectivity index (χ0n) is 18.6. The van der Waals surface area contributed by atoms with Gasteiger partial charge in [-0.05, 0) is 43.0 Å². The van der Waals surface area contributed by atoms with E-state index >= 15 is 0 Å². The summed E-state index contributed by atoms with van der Waals surface area (Å²) in [6.07, 6.45) is 3.83. The lowest BCUT2D eigenvalue weighted by Crippen LogP contribution is -2.46. The second-order valence-electron chi connectivity index (χ2n) is 8.12. The lowest BCUT2D eigenvalue weighted by Gasteiger charge is -2.35. The number of fused-ring (bicyclic) bond motifs is 1. The molecular weight excluding hydrogens is 406 g/mol. The Morgan fingerprint density at radius 2 is 1.77 bits per heavy atom. The van der Waals surface area contributed by atoms with Crippen molar-refractivity contribution < 1.29 is 4.79 Å². The second kappa shape index (κ2) is 9.75. The molecule has 3 aromatic rings. The summed E-state index contributed by atoms with van der Waals surface area (Å²) in [7, 11) is 0. The number of nitrogens with zero attached hydrogens (tertiary/aromatic N) is 4. The van der Waals surface area contributed by atoms with Gasteiger partial charge in [0.05, 0.1) is 10.3 Å². The van der Waals surface area contributed by atoms with Crippen molar-refractivity contribution in [2.45, 2.75) is 40.2 Å². The van der Waals surface area contributed by atoms with Crippen molar-refractivity contribution >= 4 is 33.3 Å². The molecular formula is C24H31N5OS. The molecule has 1 saturated heterocycles. The second-order valence-corrected chi connectivity index (χ2v) is 9.11. The Morgan fingerprint density at radius 3 is 2.45 bits per heavy atom. The molecule has 1 aliphatic rings. The van der Waals surface area contributed by atoms with Gasteiger partial charge in [0, 0.05) is 32.7 Å². The largest absolute Gasteiger partial charge is 0.353 e. The molecule has 0 spiro atoms. The Morgan fingerprint density at radius 1 is 1.06 bits per heavy atom. The van der Waals surface area contributed by atoms with Gasteiger partial charge in [0.2, 0.25) is 0 Å². The van der Waals surface area contributed by atoms with E-state index in [0.29, 0.717) is 6.54 Å². The summed E-state index contributed by atoms with van der Waals surface area (Å²) in [5, 5.41) is 4.10. The number of thiophene rings is 1. The molecule has 1 aliphatic heterocycles. The van der Waals surface area contributed by atoms with Crippen molar-refractivity contribution in [1.29, 1.82) is 0 Å². The zero-order valence-corrected chi connectivity index (χ0v) is 19.5. The molecule has 164 valence electrons. The lowest BCUT2D eigenvalue weighted by atomic mass is 10.1. The number of aromatic nitrogens is 2. The Hall–Kier alpha value is -2.51. The van der Waals surface area contributed by atoms with Crippen LogP contribution in [-0.2, 0) is 13.0 Å². The number of carbonyl (C=O) groups is 1. The number of piperazine rings is 1. The number of benzene rings is 1. The molecule has 1 amide bonds. The molecule has 0 atom stereocenters. The predicted molar refractivity (Wildman–Crippen MR) is 128 cm³/mol. The number of carbonyl (C=O) groups excluding carboxylic acids is 1. The first-order valence-corrected chi connectivity index (χ1v) is 12.0. The number of aryl methyl sites for hydroxylation is 2. The number of anilines is 1. The van der Waals surface area contributed by atoms with Crippen LogP contribution in [0.3, 0.4) is 0 Å². The van der Waals surface area contributed by atoms with E-state index in [2.05, 4.69) is 63.2 Å². The van der Waals surface area contributed by atoms with Gasteiger partial charge >= 0.3 is 0 Å². The summed E-state index contributed by atoms with van der Waals surface area (Å²) in [5.74, 6) is 0.919. The first-order chi connectivity index (χ1) is 15.1.